The minimum Gasteiger partial charge on any atom is -0.469 e. The zero-order chi connectivity index (χ0) is 16.4. The molecule has 126 valence electrons. The molecule has 1 aliphatic carbocycles. The minimum absolute atomic E-state index is 0.541. The van der Waals surface area contributed by atoms with Crippen LogP contribution < -0.4 is 0 Å². The first kappa shape index (κ1) is 15.3. The molecule has 5 heteroatoms. The first-order valence-electron chi connectivity index (χ1n) is 8.68. The van der Waals surface area contributed by atoms with Crippen molar-refractivity contribution in [1.82, 2.24) is 14.7 Å². The van der Waals surface area contributed by atoms with E-state index in [1.807, 2.05) is 12.3 Å². The van der Waals surface area contributed by atoms with Crippen molar-refractivity contribution in [3.63, 3.8) is 0 Å². The van der Waals surface area contributed by atoms with Crippen LogP contribution in [0.1, 0.15) is 36.4 Å². The second-order valence-corrected chi connectivity index (χ2v) is 6.54. The van der Waals surface area contributed by atoms with Gasteiger partial charge in [-0.3, -0.25) is 0 Å². The van der Waals surface area contributed by atoms with Crippen LogP contribution in [0.2, 0.25) is 0 Å². The molecular weight excluding hydrogens is 302 g/mol. The van der Waals surface area contributed by atoms with Crippen LogP contribution in [0, 0.1) is 0 Å². The predicted molar refractivity (Wildman–Crippen MR) is 91.7 cm³/mol. The van der Waals surface area contributed by atoms with Crippen molar-refractivity contribution in [3.8, 4) is 5.69 Å². The van der Waals surface area contributed by atoms with E-state index >= 15 is 0 Å². The number of aromatic nitrogens is 2. The summed E-state index contributed by atoms with van der Waals surface area (Å²) in [6, 6.07) is 10.4. The van der Waals surface area contributed by atoms with E-state index in [0.717, 1.165) is 25.1 Å². The molecule has 0 bridgehead atoms. The topological polar surface area (TPSA) is 50.5 Å². The zero-order valence-corrected chi connectivity index (χ0v) is 13.7. The summed E-state index contributed by atoms with van der Waals surface area (Å²) in [6.07, 6.45) is 9.43. The number of ether oxygens (including phenoxy) is 1. The molecule has 2 unspecified atom stereocenters. The summed E-state index contributed by atoms with van der Waals surface area (Å²) >= 11 is 0. The van der Waals surface area contributed by atoms with Gasteiger partial charge in [0, 0.05) is 18.4 Å². The molecule has 4 rings (SSSR count). The number of aliphatic hydroxyl groups excluding tert-OH is 1. The summed E-state index contributed by atoms with van der Waals surface area (Å²) in [5.41, 5.74) is 3.89. The van der Waals surface area contributed by atoms with Crippen LogP contribution in [-0.2, 0) is 11.2 Å². The number of benzene rings is 1. The van der Waals surface area contributed by atoms with E-state index < -0.39 is 6.29 Å². The second kappa shape index (κ2) is 6.69. The number of hydrogen-bond acceptors (Lipinski definition) is 4. The van der Waals surface area contributed by atoms with E-state index in [4.69, 9.17) is 4.74 Å². The van der Waals surface area contributed by atoms with Gasteiger partial charge in [-0.2, -0.15) is 5.10 Å². The Balaban J connectivity index is 1.49. The number of rotatable bonds is 4. The lowest BCUT2D eigenvalue weighted by atomic mass is 9.84. The first-order valence-corrected chi connectivity index (χ1v) is 8.68. The van der Waals surface area contributed by atoms with E-state index in [9.17, 15) is 5.11 Å². The lowest BCUT2D eigenvalue weighted by Crippen LogP contribution is -2.34. The molecule has 0 saturated heterocycles. The molecule has 1 aliphatic heterocycles. The average Bonchev–Trinajstić information content (AvgIpc) is 3.05. The smallest absolute Gasteiger partial charge is 0.214 e. The standard InChI is InChI=1S/C19H23N3O2/c23-19-14-21(11-12-24-19)10-9-15-5-4-8-18-17(15)13-20-22(18)16-6-2-1-3-7-16/h1-3,6-7,11-13,15,19,23H,4-5,8-10,14H2. The molecular formula is C19H23N3O2. The van der Waals surface area contributed by atoms with E-state index in [-0.39, 0.29) is 0 Å². The van der Waals surface area contributed by atoms with E-state index in [1.165, 1.54) is 24.1 Å². The van der Waals surface area contributed by atoms with Gasteiger partial charge in [-0.25, -0.2) is 4.68 Å². The highest BCUT2D eigenvalue weighted by Gasteiger charge is 2.25. The van der Waals surface area contributed by atoms with Crippen molar-refractivity contribution in [2.24, 2.45) is 0 Å². The SMILES string of the molecule is OC1CN(CCC2CCCc3c2cnn3-c2ccccc2)C=CO1. The molecule has 2 heterocycles. The van der Waals surface area contributed by atoms with Crippen molar-refractivity contribution < 1.29 is 9.84 Å². The fourth-order valence-corrected chi connectivity index (χ4v) is 3.74. The number of nitrogens with zero attached hydrogens (tertiary/aromatic N) is 3. The summed E-state index contributed by atoms with van der Waals surface area (Å²) in [5.74, 6) is 0.541. The van der Waals surface area contributed by atoms with Gasteiger partial charge in [0.25, 0.3) is 0 Å². The van der Waals surface area contributed by atoms with Crippen LogP contribution in [0.15, 0.2) is 49.0 Å². The third-order valence-corrected chi connectivity index (χ3v) is 4.97. The van der Waals surface area contributed by atoms with Gasteiger partial charge in [-0.15, -0.1) is 0 Å². The summed E-state index contributed by atoms with van der Waals surface area (Å²) < 4.78 is 7.13. The number of aliphatic hydroxyl groups is 1. The Morgan fingerprint density at radius 3 is 2.96 bits per heavy atom. The summed E-state index contributed by atoms with van der Waals surface area (Å²) in [6.45, 7) is 1.47. The molecule has 0 spiro atoms. The van der Waals surface area contributed by atoms with Gasteiger partial charge in [0.15, 0.2) is 0 Å². The quantitative estimate of drug-likeness (QED) is 0.939. The molecule has 5 nitrogen and oxygen atoms in total. The second-order valence-electron chi connectivity index (χ2n) is 6.54. The molecule has 0 amide bonds. The van der Waals surface area contributed by atoms with Crippen molar-refractivity contribution in [1.29, 1.82) is 0 Å². The molecule has 2 aliphatic rings. The first-order chi connectivity index (χ1) is 11.8. The van der Waals surface area contributed by atoms with Crippen molar-refractivity contribution in [2.75, 3.05) is 13.1 Å². The fourth-order valence-electron chi connectivity index (χ4n) is 3.74. The Hall–Kier alpha value is -2.27. The lowest BCUT2D eigenvalue weighted by molar-refractivity contribution is -0.0782. The van der Waals surface area contributed by atoms with Crippen LogP contribution in [0.25, 0.3) is 5.69 Å². The van der Waals surface area contributed by atoms with E-state index in [1.54, 1.807) is 6.26 Å². The van der Waals surface area contributed by atoms with Crippen molar-refractivity contribution in [3.05, 3.63) is 60.2 Å². The van der Waals surface area contributed by atoms with Gasteiger partial charge >= 0.3 is 0 Å². The Morgan fingerprint density at radius 2 is 2.12 bits per heavy atom. The van der Waals surface area contributed by atoms with Gasteiger partial charge in [0.1, 0.15) is 6.26 Å². The van der Waals surface area contributed by atoms with Crippen LogP contribution in [0.4, 0.5) is 0 Å². The molecule has 1 N–H and O–H groups in total. The van der Waals surface area contributed by atoms with Crippen molar-refractivity contribution in [2.45, 2.75) is 37.9 Å². The highest BCUT2D eigenvalue weighted by Crippen LogP contribution is 2.35. The Morgan fingerprint density at radius 1 is 1.25 bits per heavy atom. The highest BCUT2D eigenvalue weighted by atomic mass is 16.6. The molecule has 2 aromatic rings. The summed E-state index contributed by atoms with van der Waals surface area (Å²) in [5, 5.41) is 14.2. The van der Waals surface area contributed by atoms with Gasteiger partial charge in [0.2, 0.25) is 6.29 Å². The van der Waals surface area contributed by atoms with Gasteiger partial charge in [-0.05, 0) is 49.3 Å². The van der Waals surface area contributed by atoms with Gasteiger partial charge in [0.05, 0.1) is 18.4 Å². The number of β-amino-alcohol motifs (C(OH)–C–C–N with tert-alkyl or cyclic N) is 1. The third kappa shape index (κ3) is 3.04. The monoisotopic (exact) mass is 325 g/mol. The Labute approximate surface area is 142 Å². The maximum absolute atomic E-state index is 9.58. The summed E-state index contributed by atoms with van der Waals surface area (Å²) in [7, 11) is 0. The third-order valence-electron chi connectivity index (χ3n) is 4.97. The normalized spacial score (nSPS) is 23.0. The largest absolute Gasteiger partial charge is 0.469 e. The molecule has 24 heavy (non-hydrogen) atoms. The molecule has 1 aromatic heterocycles. The van der Waals surface area contributed by atoms with Crippen LogP contribution in [0.3, 0.4) is 0 Å². The Bertz CT molecular complexity index is 711. The van der Waals surface area contributed by atoms with Crippen LogP contribution in [0.5, 0.6) is 0 Å². The molecule has 2 atom stereocenters. The maximum Gasteiger partial charge on any atom is 0.214 e. The molecule has 1 aromatic carbocycles. The number of fused-ring (bicyclic) bond motifs is 1. The van der Waals surface area contributed by atoms with Crippen molar-refractivity contribution >= 4 is 0 Å². The van der Waals surface area contributed by atoms with Crippen LogP contribution in [-0.4, -0.2) is 39.2 Å². The lowest BCUT2D eigenvalue weighted by Gasteiger charge is -2.29. The molecule has 0 saturated carbocycles. The summed E-state index contributed by atoms with van der Waals surface area (Å²) in [4.78, 5) is 2.13. The Kier molecular flexibility index (Phi) is 4.26. The highest BCUT2D eigenvalue weighted by molar-refractivity contribution is 5.37. The minimum atomic E-state index is -0.710. The predicted octanol–water partition coefficient (Wildman–Crippen LogP) is 2.80. The van der Waals surface area contributed by atoms with Gasteiger partial charge < -0.3 is 14.7 Å². The average molecular weight is 325 g/mol. The fraction of sp³-hybridized carbons (Fsp3) is 0.421. The van der Waals surface area contributed by atoms with E-state index in [0.29, 0.717) is 12.5 Å². The van der Waals surface area contributed by atoms with Gasteiger partial charge in [-0.1, -0.05) is 18.2 Å². The number of hydrogen-bond donors (Lipinski definition) is 1. The van der Waals surface area contributed by atoms with Crippen LogP contribution >= 0.6 is 0 Å². The zero-order valence-electron chi connectivity index (χ0n) is 13.7. The maximum atomic E-state index is 9.58. The molecule has 0 radical (unpaired) electrons. The van der Waals surface area contributed by atoms with E-state index in [2.05, 4.69) is 45.1 Å². The molecule has 0 fully saturated rings. The number of para-hydroxylation sites is 1.